The Balaban J connectivity index is 2.14. The summed E-state index contributed by atoms with van der Waals surface area (Å²) in [6.45, 7) is 6.49. The number of amides is 1. The zero-order valence-electron chi connectivity index (χ0n) is 11.8. The molecule has 108 valence electrons. The van der Waals surface area contributed by atoms with E-state index in [1.807, 2.05) is 24.3 Å². The number of carbonyl (C=O) groups is 2. The fourth-order valence-corrected chi connectivity index (χ4v) is 2.69. The lowest BCUT2D eigenvalue weighted by atomic mass is 10.1. The predicted octanol–water partition coefficient (Wildman–Crippen LogP) is 2.65. The lowest BCUT2D eigenvalue weighted by molar-refractivity contribution is -0.120. The molecule has 1 aliphatic heterocycles. The minimum absolute atomic E-state index is 0.0420. The van der Waals surface area contributed by atoms with Crippen LogP contribution in [0.15, 0.2) is 24.3 Å². The molecule has 2 rings (SSSR count). The van der Waals surface area contributed by atoms with E-state index in [1.54, 1.807) is 4.90 Å². The summed E-state index contributed by atoms with van der Waals surface area (Å²) in [6.07, 6.45) is 0.208. The van der Waals surface area contributed by atoms with Gasteiger partial charge in [-0.2, -0.15) is 0 Å². The second-order valence-corrected chi connectivity index (χ2v) is 5.27. The van der Waals surface area contributed by atoms with Gasteiger partial charge >= 0.3 is 0 Å². The van der Waals surface area contributed by atoms with E-state index in [2.05, 4.69) is 18.7 Å². The molecule has 0 bridgehead atoms. The SMILES string of the molecule is CCN(CC)c1ccc(N2CC(C(=O)Cl)CC2=O)cc1. The number of rotatable bonds is 5. The van der Waals surface area contributed by atoms with Gasteiger partial charge in [-0.1, -0.05) is 0 Å². The van der Waals surface area contributed by atoms with Crippen LogP contribution in [-0.2, 0) is 9.59 Å². The lowest BCUT2D eigenvalue weighted by Crippen LogP contribution is -2.25. The topological polar surface area (TPSA) is 40.6 Å². The van der Waals surface area contributed by atoms with Gasteiger partial charge in [-0.25, -0.2) is 0 Å². The van der Waals surface area contributed by atoms with Crippen molar-refractivity contribution < 1.29 is 9.59 Å². The highest BCUT2D eigenvalue weighted by Gasteiger charge is 2.34. The van der Waals surface area contributed by atoms with E-state index in [0.717, 1.165) is 24.5 Å². The Morgan fingerprint density at radius 1 is 1.30 bits per heavy atom. The van der Waals surface area contributed by atoms with Gasteiger partial charge < -0.3 is 9.80 Å². The van der Waals surface area contributed by atoms with Crippen molar-refractivity contribution in [3.8, 4) is 0 Å². The monoisotopic (exact) mass is 294 g/mol. The maximum atomic E-state index is 11.9. The summed E-state index contributed by atoms with van der Waals surface area (Å²) in [5.74, 6) is -0.425. The fourth-order valence-electron chi connectivity index (χ4n) is 2.54. The number of hydrogen-bond acceptors (Lipinski definition) is 3. The molecule has 1 heterocycles. The van der Waals surface area contributed by atoms with Crippen molar-refractivity contribution >= 4 is 34.1 Å². The molecule has 0 aliphatic carbocycles. The third-order valence-corrected chi connectivity index (χ3v) is 4.04. The van der Waals surface area contributed by atoms with Gasteiger partial charge in [0, 0.05) is 37.4 Å². The number of hydrogen-bond donors (Lipinski definition) is 0. The van der Waals surface area contributed by atoms with Crippen LogP contribution < -0.4 is 9.80 Å². The fraction of sp³-hybridized carbons (Fsp3) is 0.467. The Labute approximate surface area is 124 Å². The van der Waals surface area contributed by atoms with E-state index in [-0.39, 0.29) is 18.2 Å². The van der Waals surface area contributed by atoms with Crippen LogP contribution in [0.5, 0.6) is 0 Å². The van der Waals surface area contributed by atoms with Crippen LogP contribution in [0.3, 0.4) is 0 Å². The normalized spacial score (nSPS) is 18.4. The molecule has 1 unspecified atom stereocenters. The maximum absolute atomic E-state index is 11.9. The van der Waals surface area contributed by atoms with Gasteiger partial charge in [-0.05, 0) is 49.7 Å². The molecule has 1 amide bonds. The van der Waals surface area contributed by atoms with Crippen molar-refractivity contribution in [1.82, 2.24) is 0 Å². The third-order valence-electron chi connectivity index (χ3n) is 3.74. The van der Waals surface area contributed by atoms with E-state index in [0.29, 0.717) is 6.54 Å². The highest BCUT2D eigenvalue weighted by molar-refractivity contribution is 6.64. The molecule has 0 saturated carbocycles. The minimum Gasteiger partial charge on any atom is -0.372 e. The Hall–Kier alpha value is -1.55. The smallest absolute Gasteiger partial charge is 0.227 e. The van der Waals surface area contributed by atoms with Crippen molar-refractivity contribution in [3.05, 3.63) is 24.3 Å². The molecule has 0 aromatic heterocycles. The van der Waals surface area contributed by atoms with Crippen molar-refractivity contribution in [2.75, 3.05) is 29.4 Å². The Morgan fingerprint density at radius 3 is 2.35 bits per heavy atom. The summed E-state index contributed by atoms with van der Waals surface area (Å²) in [7, 11) is 0. The maximum Gasteiger partial charge on any atom is 0.227 e. The van der Waals surface area contributed by atoms with Crippen molar-refractivity contribution in [3.63, 3.8) is 0 Å². The summed E-state index contributed by atoms with van der Waals surface area (Å²) < 4.78 is 0. The first-order valence-corrected chi connectivity index (χ1v) is 7.29. The molecule has 1 aromatic rings. The molecule has 1 aromatic carbocycles. The average molecular weight is 295 g/mol. The summed E-state index contributed by atoms with van der Waals surface area (Å²) in [5.41, 5.74) is 1.96. The molecule has 0 radical (unpaired) electrons. The zero-order chi connectivity index (χ0) is 14.7. The molecular formula is C15H19ClN2O2. The first kappa shape index (κ1) is 14.9. The average Bonchev–Trinajstić information content (AvgIpc) is 2.83. The van der Waals surface area contributed by atoms with Crippen LogP contribution in [0, 0.1) is 5.92 Å². The van der Waals surface area contributed by atoms with Gasteiger partial charge in [0.05, 0.1) is 5.92 Å². The molecule has 1 saturated heterocycles. The number of benzene rings is 1. The summed E-state index contributed by atoms with van der Waals surface area (Å²) in [5, 5.41) is -0.430. The number of anilines is 2. The molecule has 0 spiro atoms. The largest absolute Gasteiger partial charge is 0.372 e. The number of nitrogens with zero attached hydrogens (tertiary/aromatic N) is 2. The Bertz CT molecular complexity index is 497. The molecule has 4 nitrogen and oxygen atoms in total. The molecule has 1 fully saturated rings. The molecule has 0 N–H and O–H groups in total. The van der Waals surface area contributed by atoms with Gasteiger partial charge in [0.1, 0.15) is 0 Å². The minimum atomic E-state index is -0.430. The third kappa shape index (κ3) is 2.96. The van der Waals surface area contributed by atoms with Crippen LogP contribution in [0.2, 0.25) is 0 Å². The Morgan fingerprint density at radius 2 is 1.90 bits per heavy atom. The van der Waals surface area contributed by atoms with Crippen LogP contribution in [0.4, 0.5) is 11.4 Å². The first-order chi connectivity index (χ1) is 9.56. The summed E-state index contributed by atoms with van der Waals surface area (Å²) in [6, 6.07) is 7.86. The molecule has 1 atom stereocenters. The number of halogens is 1. The summed E-state index contributed by atoms with van der Waals surface area (Å²) >= 11 is 5.48. The standard InChI is InChI=1S/C15H19ClN2O2/c1-3-17(4-2)12-5-7-13(8-6-12)18-10-11(15(16)20)9-14(18)19/h5-8,11H,3-4,9-10H2,1-2H3. The molecule has 5 heteroatoms. The van der Waals surface area contributed by atoms with Gasteiger partial charge in [-0.15, -0.1) is 0 Å². The van der Waals surface area contributed by atoms with E-state index in [1.165, 1.54) is 0 Å². The van der Waals surface area contributed by atoms with Crippen LogP contribution in [-0.4, -0.2) is 30.8 Å². The predicted molar refractivity (Wildman–Crippen MR) is 81.3 cm³/mol. The molecular weight excluding hydrogens is 276 g/mol. The number of carbonyl (C=O) groups excluding carboxylic acids is 2. The highest BCUT2D eigenvalue weighted by Crippen LogP contribution is 2.28. The van der Waals surface area contributed by atoms with Gasteiger partial charge in [0.2, 0.25) is 11.1 Å². The van der Waals surface area contributed by atoms with Gasteiger partial charge in [-0.3, -0.25) is 9.59 Å². The first-order valence-electron chi connectivity index (χ1n) is 6.91. The zero-order valence-corrected chi connectivity index (χ0v) is 12.6. The summed E-state index contributed by atoms with van der Waals surface area (Å²) in [4.78, 5) is 27.0. The quantitative estimate of drug-likeness (QED) is 0.784. The second-order valence-electron chi connectivity index (χ2n) is 4.90. The van der Waals surface area contributed by atoms with E-state index in [9.17, 15) is 9.59 Å². The van der Waals surface area contributed by atoms with E-state index < -0.39 is 5.24 Å². The van der Waals surface area contributed by atoms with Crippen LogP contribution in [0.25, 0.3) is 0 Å². The van der Waals surface area contributed by atoms with E-state index >= 15 is 0 Å². The van der Waals surface area contributed by atoms with Gasteiger partial charge in [0.25, 0.3) is 0 Å². The van der Waals surface area contributed by atoms with Crippen molar-refractivity contribution in [2.45, 2.75) is 20.3 Å². The molecule has 1 aliphatic rings. The highest BCUT2D eigenvalue weighted by atomic mass is 35.5. The van der Waals surface area contributed by atoms with E-state index in [4.69, 9.17) is 11.6 Å². The lowest BCUT2D eigenvalue weighted by Gasteiger charge is -2.22. The Kier molecular flexibility index (Phi) is 4.65. The van der Waals surface area contributed by atoms with Crippen LogP contribution >= 0.6 is 11.6 Å². The van der Waals surface area contributed by atoms with Crippen molar-refractivity contribution in [2.24, 2.45) is 5.92 Å². The second kappa shape index (κ2) is 6.27. The van der Waals surface area contributed by atoms with Crippen LogP contribution in [0.1, 0.15) is 20.3 Å². The van der Waals surface area contributed by atoms with Gasteiger partial charge in [0.15, 0.2) is 0 Å². The molecule has 20 heavy (non-hydrogen) atoms. The van der Waals surface area contributed by atoms with Crippen molar-refractivity contribution in [1.29, 1.82) is 0 Å².